The van der Waals surface area contributed by atoms with Crippen LogP contribution in [0.15, 0.2) is 36.7 Å². The van der Waals surface area contributed by atoms with Crippen molar-refractivity contribution in [3.63, 3.8) is 0 Å². The van der Waals surface area contributed by atoms with Crippen LogP contribution in [0.5, 0.6) is 0 Å². The Morgan fingerprint density at radius 1 is 0.793 bits per heavy atom. The molecule has 154 valence electrons. The number of hydrogen-bond donors (Lipinski definition) is 2. The molecule has 1 saturated heterocycles. The van der Waals surface area contributed by atoms with E-state index in [0.717, 1.165) is 37.6 Å². The van der Waals surface area contributed by atoms with E-state index in [1.807, 2.05) is 0 Å². The summed E-state index contributed by atoms with van der Waals surface area (Å²) in [4.78, 5) is 34.9. The molecule has 0 saturated carbocycles. The maximum Gasteiger partial charge on any atom is 0.337 e. The Bertz CT molecular complexity index is 756. The molecule has 1 aliphatic rings. The molecule has 3 heterocycles. The average molecular weight is 400 g/mol. The quantitative estimate of drug-likeness (QED) is 0.738. The summed E-state index contributed by atoms with van der Waals surface area (Å²) in [5.74, 6) is -1.97. The first-order valence-corrected chi connectivity index (χ1v) is 9.40. The lowest BCUT2D eigenvalue weighted by molar-refractivity contribution is 0.0685. The minimum absolute atomic E-state index is 0.175. The number of carboxylic acids is 2. The molecule has 3 rings (SSSR count). The Morgan fingerprint density at radius 3 is 1.59 bits per heavy atom. The summed E-state index contributed by atoms with van der Waals surface area (Å²) in [6.45, 7) is 5.60. The third-order valence-corrected chi connectivity index (χ3v) is 4.75. The molecular formula is C20H24N4O5. The second kappa shape index (κ2) is 10.1. The number of ether oxygens (including phenoxy) is 1. The van der Waals surface area contributed by atoms with Crippen LogP contribution in [0.1, 0.15) is 32.1 Å². The largest absolute Gasteiger partial charge is 0.478 e. The van der Waals surface area contributed by atoms with Crippen LogP contribution >= 0.6 is 0 Å². The van der Waals surface area contributed by atoms with Crippen LogP contribution in [-0.4, -0.2) is 81.3 Å². The van der Waals surface area contributed by atoms with Gasteiger partial charge in [0.2, 0.25) is 0 Å². The summed E-state index contributed by atoms with van der Waals surface area (Å²) in [5.41, 5.74) is 1.97. The second-order valence-electron chi connectivity index (χ2n) is 6.85. The predicted octanol–water partition coefficient (Wildman–Crippen LogP) is 1.21. The molecule has 0 unspecified atom stereocenters. The standard InChI is InChI=1S/C20H24N4O5/c25-19(26)15-1-3-17(21-11-15)13-23-5-6-24(8-10-29-9-7-23)14-18-4-2-16(12-22-18)20(27)28/h1-4,11-12H,5-10,13-14H2,(H,25,26)(H,27,28). The molecule has 0 amide bonds. The molecule has 29 heavy (non-hydrogen) atoms. The zero-order valence-electron chi connectivity index (χ0n) is 16.0. The number of aromatic nitrogens is 2. The van der Waals surface area contributed by atoms with Crippen molar-refractivity contribution < 1.29 is 24.5 Å². The highest BCUT2D eigenvalue weighted by Gasteiger charge is 2.15. The number of rotatable bonds is 6. The highest BCUT2D eigenvalue weighted by molar-refractivity contribution is 5.87. The molecule has 2 N–H and O–H groups in total. The lowest BCUT2D eigenvalue weighted by atomic mass is 10.2. The fourth-order valence-corrected chi connectivity index (χ4v) is 3.06. The Morgan fingerprint density at radius 2 is 1.24 bits per heavy atom. The first-order valence-electron chi connectivity index (χ1n) is 9.40. The van der Waals surface area contributed by atoms with Gasteiger partial charge in [-0.1, -0.05) is 0 Å². The summed E-state index contributed by atoms with van der Waals surface area (Å²) in [6, 6.07) is 6.61. The number of nitrogens with zero attached hydrogens (tertiary/aromatic N) is 4. The first-order chi connectivity index (χ1) is 14.0. The highest BCUT2D eigenvalue weighted by Crippen LogP contribution is 2.09. The molecule has 1 fully saturated rings. The summed E-state index contributed by atoms with van der Waals surface area (Å²) in [6.07, 6.45) is 2.76. The number of carbonyl (C=O) groups is 2. The van der Waals surface area contributed by atoms with Gasteiger partial charge in [-0.15, -0.1) is 0 Å². The van der Waals surface area contributed by atoms with Crippen molar-refractivity contribution in [3.05, 3.63) is 59.2 Å². The molecule has 0 aliphatic carbocycles. The van der Waals surface area contributed by atoms with E-state index in [4.69, 9.17) is 14.9 Å². The Balaban J connectivity index is 1.58. The van der Waals surface area contributed by atoms with Crippen LogP contribution in [0.25, 0.3) is 0 Å². The lowest BCUT2D eigenvalue weighted by Gasteiger charge is -2.25. The van der Waals surface area contributed by atoms with E-state index in [-0.39, 0.29) is 11.1 Å². The van der Waals surface area contributed by atoms with Gasteiger partial charge in [0.15, 0.2) is 0 Å². The van der Waals surface area contributed by atoms with Crippen molar-refractivity contribution in [3.8, 4) is 0 Å². The van der Waals surface area contributed by atoms with Crippen molar-refractivity contribution >= 4 is 11.9 Å². The van der Waals surface area contributed by atoms with Crippen molar-refractivity contribution in [1.29, 1.82) is 0 Å². The Labute approximate surface area is 168 Å². The van der Waals surface area contributed by atoms with Gasteiger partial charge in [0.05, 0.1) is 35.7 Å². The molecule has 9 heteroatoms. The topological polar surface area (TPSA) is 116 Å². The summed E-state index contributed by atoms with van der Waals surface area (Å²) >= 11 is 0. The van der Waals surface area contributed by atoms with Crippen molar-refractivity contribution in [2.75, 3.05) is 39.4 Å². The number of pyridine rings is 2. The Hall–Kier alpha value is -2.88. The van der Waals surface area contributed by atoms with Gasteiger partial charge in [0.1, 0.15) is 0 Å². The predicted molar refractivity (Wildman–Crippen MR) is 104 cm³/mol. The molecule has 0 radical (unpaired) electrons. The van der Waals surface area contributed by atoms with Gasteiger partial charge in [-0.25, -0.2) is 9.59 Å². The molecule has 0 aromatic carbocycles. The summed E-state index contributed by atoms with van der Waals surface area (Å²) in [7, 11) is 0. The molecule has 2 aromatic heterocycles. The third-order valence-electron chi connectivity index (χ3n) is 4.75. The number of carboxylic acid groups (broad SMARTS) is 2. The molecular weight excluding hydrogens is 376 g/mol. The SMILES string of the molecule is O=C(O)c1ccc(CN2CCOCCN(Cc3ccc(C(=O)O)cn3)CC2)nc1. The van der Waals surface area contributed by atoms with Gasteiger partial charge in [0.25, 0.3) is 0 Å². The van der Waals surface area contributed by atoms with Crippen LogP contribution in [0.2, 0.25) is 0 Å². The molecule has 1 aliphatic heterocycles. The lowest BCUT2D eigenvalue weighted by Crippen LogP contribution is -2.35. The average Bonchev–Trinajstić information content (AvgIpc) is 2.82. The summed E-state index contributed by atoms with van der Waals surface area (Å²) < 4.78 is 5.71. The van der Waals surface area contributed by atoms with Crippen molar-refractivity contribution in [2.24, 2.45) is 0 Å². The van der Waals surface area contributed by atoms with E-state index in [2.05, 4.69) is 19.8 Å². The molecule has 0 spiro atoms. The van der Waals surface area contributed by atoms with Crippen LogP contribution in [-0.2, 0) is 17.8 Å². The van der Waals surface area contributed by atoms with E-state index < -0.39 is 11.9 Å². The van der Waals surface area contributed by atoms with Crippen LogP contribution < -0.4 is 0 Å². The second-order valence-corrected chi connectivity index (χ2v) is 6.85. The zero-order chi connectivity index (χ0) is 20.6. The van der Waals surface area contributed by atoms with E-state index in [1.165, 1.54) is 12.4 Å². The van der Waals surface area contributed by atoms with Gasteiger partial charge in [-0.3, -0.25) is 19.8 Å². The molecule has 0 bridgehead atoms. The van der Waals surface area contributed by atoms with Gasteiger partial charge >= 0.3 is 11.9 Å². The normalized spacial score (nSPS) is 16.6. The number of hydrogen-bond acceptors (Lipinski definition) is 7. The fraction of sp³-hybridized carbons (Fsp3) is 0.400. The van der Waals surface area contributed by atoms with Crippen molar-refractivity contribution in [1.82, 2.24) is 19.8 Å². The van der Waals surface area contributed by atoms with Crippen LogP contribution in [0.3, 0.4) is 0 Å². The van der Waals surface area contributed by atoms with Crippen LogP contribution in [0, 0.1) is 0 Å². The van der Waals surface area contributed by atoms with Gasteiger partial charge in [0, 0.05) is 51.7 Å². The fourth-order valence-electron chi connectivity index (χ4n) is 3.06. The minimum Gasteiger partial charge on any atom is -0.478 e. The van der Waals surface area contributed by atoms with Gasteiger partial charge < -0.3 is 14.9 Å². The Kier molecular flexibility index (Phi) is 7.23. The van der Waals surface area contributed by atoms with E-state index >= 15 is 0 Å². The molecule has 9 nitrogen and oxygen atoms in total. The number of aromatic carboxylic acids is 2. The van der Waals surface area contributed by atoms with E-state index in [0.29, 0.717) is 26.3 Å². The maximum absolute atomic E-state index is 11.0. The third kappa shape index (κ3) is 6.31. The van der Waals surface area contributed by atoms with Gasteiger partial charge in [-0.05, 0) is 24.3 Å². The molecule has 2 aromatic rings. The summed E-state index contributed by atoms with van der Waals surface area (Å²) in [5, 5.41) is 18.0. The van der Waals surface area contributed by atoms with Crippen molar-refractivity contribution in [2.45, 2.75) is 13.1 Å². The first kappa shape index (κ1) is 20.8. The minimum atomic E-state index is -0.985. The zero-order valence-corrected chi connectivity index (χ0v) is 16.0. The van der Waals surface area contributed by atoms with Gasteiger partial charge in [-0.2, -0.15) is 0 Å². The van der Waals surface area contributed by atoms with E-state index in [9.17, 15) is 9.59 Å². The highest BCUT2D eigenvalue weighted by atomic mass is 16.5. The smallest absolute Gasteiger partial charge is 0.337 e. The van der Waals surface area contributed by atoms with E-state index in [1.54, 1.807) is 24.3 Å². The molecule has 0 atom stereocenters. The van der Waals surface area contributed by atoms with Crippen LogP contribution in [0.4, 0.5) is 0 Å². The monoisotopic (exact) mass is 400 g/mol. The maximum atomic E-state index is 11.0.